The van der Waals surface area contributed by atoms with E-state index in [0.29, 0.717) is 12.4 Å². The van der Waals surface area contributed by atoms with Gasteiger partial charge in [-0.3, -0.25) is 4.89 Å². The summed E-state index contributed by atoms with van der Waals surface area (Å²) in [5.41, 5.74) is 1.42. The standard InChI is InChI=1S/C17H17NO5S/c1-21-14-5-2-12(3-6-14)11-18-8-9-22-15-10-13(17(19)23-20)4-7-16(15)24-18/h2-7,10,20H,8-9,11H2,1H3. The molecular weight excluding hydrogens is 330 g/mol. The van der Waals surface area contributed by atoms with Crippen molar-refractivity contribution in [1.29, 1.82) is 0 Å². The molecule has 1 heterocycles. The summed E-state index contributed by atoms with van der Waals surface area (Å²) in [5.74, 6) is 0.644. The molecule has 7 heteroatoms. The van der Waals surface area contributed by atoms with Crippen molar-refractivity contribution in [3.05, 3.63) is 53.6 Å². The summed E-state index contributed by atoms with van der Waals surface area (Å²) in [6.45, 7) is 2.01. The van der Waals surface area contributed by atoms with E-state index in [1.165, 1.54) is 5.56 Å². The fourth-order valence-electron chi connectivity index (χ4n) is 2.36. The third-order valence-corrected chi connectivity index (χ3v) is 4.71. The maximum Gasteiger partial charge on any atom is 0.372 e. The first-order valence-corrected chi connectivity index (χ1v) is 8.15. The van der Waals surface area contributed by atoms with Crippen LogP contribution in [0.3, 0.4) is 0 Å². The Bertz CT molecular complexity index is 719. The van der Waals surface area contributed by atoms with Gasteiger partial charge in [0, 0.05) is 13.1 Å². The highest BCUT2D eigenvalue weighted by Crippen LogP contribution is 2.36. The molecule has 0 bridgehead atoms. The van der Waals surface area contributed by atoms with Crippen LogP contribution in [0, 0.1) is 0 Å². The number of ether oxygens (including phenoxy) is 2. The molecule has 2 aromatic carbocycles. The fourth-order valence-corrected chi connectivity index (χ4v) is 3.36. The van der Waals surface area contributed by atoms with Gasteiger partial charge in [0.1, 0.15) is 18.1 Å². The summed E-state index contributed by atoms with van der Waals surface area (Å²) in [6, 6.07) is 12.9. The van der Waals surface area contributed by atoms with Gasteiger partial charge in [0.2, 0.25) is 0 Å². The Morgan fingerprint density at radius 3 is 2.79 bits per heavy atom. The highest BCUT2D eigenvalue weighted by Gasteiger charge is 2.19. The Morgan fingerprint density at radius 1 is 1.29 bits per heavy atom. The first kappa shape index (κ1) is 16.6. The molecule has 6 nitrogen and oxygen atoms in total. The number of nitrogens with zero attached hydrogens (tertiary/aromatic N) is 1. The van der Waals surface area contributed by atoms with Gasteiger partial charge < -0.3 is 9.47 Å². The average molecular weight is 347 g/mol. The molecule has 0 aromatic heterocycles. The summed E-state index contributed by atoms with van der Waals surface area (Å²) < 4.78 is 13.1. The predicted molar refractivity (Wildman–Crippen MR) is 89.2 cm³/mol. The van der Waals surface area contributed by atoms with Gasteiger partial charge in [0.15, 0.2) is 0 Å². The zero-order valence-corrected chi connectivity index (χ0v) is 13.9. The van der Waals surface area contributed by atoms with E-state index in [2.05, 4.69) is 9.19 Å². The van der Waals surface area contributed by atoms with Gasteiger partial charge in [-0.15, -0.1) is 0 Å². The van der Waals surface area contributed by atoms with Gasteiger partial charge in [0.05, 0.1) is 17.6 Å². The topological polar surface area (TPSA) is 68.2 Å². The third-order valence-electron chi connectivity index (χ3n) is 3.61. The van der Waals surface area contributed by atoms with E-state index in [4.69, 9.17) is 14.7 Å². The molecular formula is C17H17NO5S. The van der Waals surface area contributed by atoms with Crippen molar-refractivity contribution in [3.8, 4) is 11.5 Å². The summed E-state index contributed by atoms with van der Waals surface area (Å²) in [5, 5.41) is 8.48. The normalized spacial score (nSPS) is 14.2. The summed E-state index contributed by atoms with van der Waals surface area (Å²) in [4.78, 5) is 16.1. The number of carbonyl (C=O) groups is 1. The van der Waals surface area contributed by atoms with E-state index in [-0.39, 0.29) is 5.56 Å². The largest absolute Gasteiger partial charge is 0.497 e. The van der Waals surface area contributed by atoms with E-state index in [9.17, 15) is 4.79 Å². The molecule has 0 radical (unpaired) electrons. The van der Waals surface area contributed by atoms with Crippen LogP contribution in [-0.4, -0.2) is 35.8 Å². The monoisotopic (exact) mass is 347 g/mol. The SMILES string of the molecule is COc1ccc(CN2CCOc3cc(C(=O)OO)ccc3S2)cc1. The summed E-state index contributed by atoms with van der Waals surface area (Å²) >= 11 is 1.57. The van der Waals surface area contributed by atoms with E-state index < -0.39 is 5.97 Å². The highest BCUT2D eigenvalue weighted by atomic mass is 32.2. The quantitative estimate of drug-likeness (QED) is 0.517. The number of benzene rings is 2. The van der Waals surface area contributed by atoms with E-state index in [1.54, 1.807) is 37.3 Å². The minimum atomic E-state index is -0.800. The van der Waals surface area contributed by atoms with Gasteiger partial charge in [-0.25, -0.2) is 9.10 Å². The van der Waals surface area contributed by atoms with E-state index in [0.717, 1.165) is 23.7 Å². The lowest BCUT2D eigenvalue weighted by Gasteiger charge is -2.18. The first-order valence-electron chi connectivity index (χ1n) is 7.38. The molecule has 0 saturated carbocycles. The molecule has 1 aliphatic rings. The smallest absolute Gasteiger partial charge is 0.372 e. The summed E-state index contributed by atoms with van der Waals surface area (Å²) in [6.07, 6.45) is 0. The number of methoxy groups -OCH3 is 1. The third kappa shape index (κ3) is 3.81. The van der Waals surface area contributed by atoms with Crippen molar-refractivity contribution in [2.75, 3.05) is 20.3 Å². The van der Waals surface area contributed by atoms with Crippen LogP contribution in [0.5, 0.6) is 11.5 Å². The molecule has 0 saturated heterocycles. The first-order chi connectivity index (χ1) is 11.7. The van der Waals surface area contributed by atoms with Gasteiger partial charge >= 0.3 is 5.97 Å². The van der Waals surface area contributed by atoms with Crippen LogP contribution in [0.15, 0.2) is 47.4 Å². The van der Waals surface area contributed by atoms with Crippen LogP contribution in [0.4, 0.5) is 0 Å². The molecule has 0 atom stereocenters. The highest BCUT2D eigenvalue weighted by molar-refractivity contribution is 7.97. The zero-order valence-electron chi connectivity index (χ0n) is 13.1. The number of carbonyl (C=O) groups excluding carboxylic acids is 1. The fraction of sp³-hybridized carbons (Fsp3) is 0.235. The second kappa shape index (κ2) is 7.57. The lowest BCUT2D eigenvalue weighted by atomic mass is 10.2. The number of hydrogen-bond acceptors (Lipinski definition) is 7. The Kier molecular flexibility index (Phi) is 5.24. The number of hydrogen-bond donors (Lipinski definition) is 1. The lowest BCUT2D eigenvalue weighted by Crippen LogP contribution is -2.19. The lowest BCUT2D eigenvalue weighted by molar-refractivity contribution is -0.182. The van der Waals surface area contributed by atoms with Gasteiger partial charge in [-0.05, 0) is 47.8 Å². The minimum absolute atomic E-state index is 0.250. The Balaban J connectivity index is 1.73. The molecule has 3 rings (SSSR count). The molecule has 2 aromatic rings. The molecule has 1 N–H and O–H groups in total. The van der Waals surface area contributed by atoms with Crippen molar-refractivity contribution in [2.24, 2.45) is 0 Å². The molecule has 0 aliphatic carbocycles. The zero-order chi connectivity index (χ0) is 16.9. The Hall–Kier alpha value is -2.22. The molecule has 1 aliphatic heterocycles. The Morgan fingerprint density at radius 2 is 2.08 bits per heavy atom. The Labute approximate surface area is 144 Å². The second-order valence-electron chi connectivity index (χ2n) is 5.19. The van der Waals surface area contributed by atoms with Crippen LogP contribution in [0.2, 0.25) is 0 Å². The van der Waals surface area contributed by atoms with Crippen molar-refractivity contribution in [1.82, 2.24) is 4.31 Å². The van der Waals surface area contributed by atoms with Crippen LogP contribution in [0.1, 0.15) is 15.9 Å². The van der Waals surface area contributed by atoms with Crippen molar-refractivity contribution in [3.63, 3.8) is 0 Å². The summed E-state index contributed by atoms with van der Waals surface area (Å²) in [7, 11) is 1.65. The molecule has 0 amide bonds. The van der Waals surface area contributed by atoms with Crippen molar-refractivity contribution in [2.45, 2.75) is 11.4 Å². The molecule has 0 spiro atoms. The molecule has 0 unspecified atom stereocenters. The van der Waals surface area contributed by atoms with E-state index >= 15 is 0 Å². The van der Waals surface area contributed by atoms with Gasteiger partial charge in [0.25, 0.3) is 0 Å². The van der Waals surface area contributed by atoms with Crippen LogP contribution in [0.25, 0.3) is 0 Å². The predicted octanol–water partition coefficient (Wildman–Crippen LogP) is 3.23. The molecule has 24 heavy (non-hydrogen) atoms. The number of rotatable bonds is 4. The van der Waals surface area contributed by atoms with Crippen LogP contribution < -0.4 is 9.47 Å². The molecule has 126 valence electrons. The maximum absolute atomic E-state index is 11.4. The average Bonchev–Trinajstić information content (AvgIpc) is 2.82. The van der Waals surface area contributed by atoms with E-state index in [1.807, 2.05) is 24.3 Å². The van der Waals surface area contributed by atoms with Crippen LogP contribution in [-0.2, 0) is 11.4 Å². The maximum atomic E-state index is 11.4. The number of fused-ring (bicyclic) bond motifs is 1. The van der Waals surface area contributed by atoms with Gasteiger partial charge in [-0.2, -0.15) is 5.26 Å². The van der Waals surface area contributed by atoms with Crippen molar-refractivity contribution < 1.29 is 24.4 Å². The van der Waals surface area contributed by atoms with Gasteiger partial charge in [-0.1, -0.05) is 12.1 Å². The minimum Gasteiger partial charge on any atom is -0.497 e. The second-order valence-corrected chi connectivity index (χ2v) is 6.33. The van der Waals surface area contributed by atoms with Crippen molar-refractivity contribution >= 4 is 17.9 Å². The van der Waals surface area contributed by atoms with Crippen LogP contribution >= 0.6 is 11.9 Å². The molecule has 0 fully saturated rings.